The highest BCUT2D eigenvalue weighted by molar-refractivity contribution is 7.99. The topological polar surface area (TPSA) is 65.8 Å². The van der Waals surface area contributed by atoms with Crippen LogP contribution in [0.2, 0.25) is 0 Å². The summed E-state index contributed by atoms with van der Waals surface area (Å²) in [5.74, 6) is -1.47. The zero-order valence-corrected chi connectivity index (χ0v) is 12.4. The zero-order chi connectivity index (χ0) is 16.0. The number of nitrogens with one attached hydrogen (secondary N) is 1. The van der Waals surface area contributed by atoms with Crippen LogP contribution in [0.1, 0.15) is 23.2 Å². The van der Waals surface area contributed by atoms with Crippen LogP contribution in [-0.4, -0.2) is 29.4 Å². The summed E-state index contributed by atoms with van der Waals surface area (Å²) >= 11 is 1.29. The first-order chi connectivity index (χ1) is 9.75. The van der Waals surface area contributed by atoms with Gasteiger partial charge < -0.3 is 5.32 Å². The number of alkyl halides is 3. The number of carbonyl (C=O) groups is 1. The second kappa shape index (κ2) is 7.31. The molecule has 114 valence electrons. The van der Waals surface area contributed by atoms with Crippen LogP contribution in [-0.2, 0) is 4.79 Å². The SMILES string of the molecule is Cc1cc(C)c(C#N)c(SCCCNC(=O)C(F)(F)F)n1. The van der Waals surface area contributed by atoms with Crippen molar-refractivity contribution in [2.75, 3.05) is 12.3 Å². The van der Waals surface area contributed by atoms with Crippen molar-refractivity contribution in [1.29, 1.82) is 5.26 Å². The molecule has 1 aromatic rings. The Morgan fingerprint density at radius 2 is 2.14 bits per heavy atom. The summed E-state index contributed by atoms with van der Waals surface area (Å²) in [6, 6.07) is 3.87. The van der Waals surface area contributed by atoms with Gasteiger partial charge in [-0.1, -0.05) is 0 Å². The third-order valence-corrected chi connectivity index (χ3v) is 3.59. The van der Waals surface area contributed by atoms with E-state index in [0.29, 0.717) is 22.8 Å². The summed E-state index contributed by atoms with van der Waals surface area (Å²) in [4.78, 5) is 14.8. The maximum Gasteiger partial charge on any atom is 0.471 e. The van der Waals surface area contributed by atoms with Gasteiger partial charge in [-0.2, -0.15) is 18.4 Å². The van der Waals surface area contributed by atoms with Crippen LogP contribution in [0.5, 0.6) is 0 Å². The summed E-state index contributed by atoms with van der Waals surface area (Å²) in [5.41, 5.74) is 2.07. The molecule has 0 saturated heterocycles. The number of nitrogens with zero attached hydrogens (tertiary/aromatic N) is 2. The lowest BCUT2D eigenvalue weighted by Crippen LogP contribution is -2.37. The van der Waals surface area contributed by atoms with Crippen LogP contribution in [0.3, 0.4) is 0 Å². The van der Waals surface area contributed by atoms with E-state index < -0.39 is 12.1 Å². The average Bonchev–Trinajstić information content (AvgIpc) is 2.36. The Balaban J connectivity index is 2.47. The highest BCUT2D eigenvalue weighted by Gasteiger charge is 2.38. The van der Waals surface area contributed by atoms with Gasteiger partial charge in [-0.3, -0.25) is 4.79 Å². The number of amides is 1. The van der Waals surface area contributed by atoms with E-state index in [1.807, 2.05) is 6.92 Å². The maximum atomic E-state index is 11.9. The Hall–Kier alpha value is -1.75. The van der Waals surface area contributed by atoms with Crippen molar-refractivity contribution in [3.05, 3.63) is 22.9 Å². The Bertz CT molecular complexity index is 567. The maximum absolute atomic E-state index is 11.9. The molecular weight excluding hydrogens is 303 g/mol. The highest BCUT2D eigenvalue weighted by atomic mass is 32.2. The first-order valence-corrected chi connectivity index (χ1v) is 7.10. The number of halogens is 3. The second-order valence-corrected chi connectivity index (χ2v) is 5.41. The molecule has 1 aromatic heterocycles. The van der Waals surface area contributed by atoms with Crippen LogP contribution in [0.15, 0.2) is 11.1 Å². The van der Waals surface area contributed by atoms with Crippen molar-refractivity contribution in [2.24, 2.45) is 0 Å². The molecule has 0 aliphatic carbocycles. The van der Waals surface area contributed by atoms with Crippen molar-refractivity contribution in [3.63, 3.8) is 0 Å². The van der Waals surface area contributed by atoms with Gasteiger partial charge in [0, 0.05) is 18.0 Å². The molecule has 8 heteroatoms. The van der Waals surface area contributed by atoms with Gasteiger partial charge in [0.25, 0.3) is 0 Å². The van der Waals surface area contributed by atoms with E-state index in [1.165, 1.54) is 11.8 Å². The first-order valence-electron chi connectivity index (χ1n) is 6.12. The number of rotatable bonds is 5. The summed E-state index contributed by atoms with van der Waals surface area (Å²) in [6.07, 6.45) is -4.50. The van der Waals surface area contributed by atoms with Crippen LogP contribution in [0.4, 0.5) is 13.2 Å². The van der Waals surface area contributed by atoms with Crippen LogP contribution in [0, 0.1) is 25.2 Å². The number of thioether (sulfide) groups is 1. The molecular formula is C13H14F3N3OS. The molecule has 21 heavy (non-hydrogen) atoms. The smallest absolute Gasteiger partial charge is 0.348 e. The van der Waals surface area contributed by atoms with E-state index in [1.54, 1.807) is 18.3 Å². The Morgan fingerprint density at radius 1 is 1.48 bits per heavy atom. The van der Waals surface area contributed by atoms with Gasteiger partial charge in [-0.25, -0.2) is 4.98 Å². The molecule has 0 aliphatic rings. The van der Waals surface area contributed by atoms with Gasteiger partial charge in [0.15, 0.2) is 0 Å². The number of hydrogen-bond acceptors (Lipinski definition) is 4. The number of aryl methyl sites for hydroxylation is 2. The van der Waals surface area contributed by atoms with E-state index in [2.05, 4.69) is 11.1 Å². The van der Waals surface area contributed by atoms with E-state index in [4.69, 9.17) is 5.26 Å². The van der Waals surface area contributed by atoms with E-state index >= 15 is 0 Å². The predicted octanol–water partition coefficient (Wildman–Crippen LogP) is 2.73. The van der Waals surface area contributed by atoms with Crippen molar-refractivity contribution in [1.82, 2.24) is 10.3 Å². The Morgan fingerprint density at radius 3 is 2.71 bits per heavy atom. The number of aromatic nitrogens is 1. The molecule has 4 nitrogen and oxygen atoms in total. The van der Waals surface area contributed by atoms with Crippen LogP contribution < -0.4 is 5.32 Å². The van der Waals surface area contributed by atoms with Crippen molar-refractivity contribution in [2.45, 2.75) is 31.5 Å². The molecule has 1 N–H and O–H groups in total. The third-order valence-electron chi connectivity index (χ3n) is 2.53. The number of pyridine rings is 1. The molecule has 0 saturated carbocycles. The minimum Gasteiger partial charge on any atom is -0.348 e. The molecule has 0 aromatic carbocycles. The summed E-state index contributed by atoms with van der Waals surface area (Å²) in [5, 5.41) is 11.4. The lowest BCUT2D eigenvalue weighted by atomic mass is 10.1. The minimum atomic E-state index is -4.85. The first kappa shape index (κ1) is 17.3. The number of hydrogen-bond donors (Lipinski definition) is 1. The average molecular weight is 317 g/mol. The third kappa shape index (κ3) is 5.27. The highest BCUT2D eigenvalue weighted by Crippen LogP contribution is 2.24. The lowest BCUT2D eigenvalue weighted by Gasteiger charge is -2.09. The molecule has 0 aliphatic heterocycles. The Labute approximate surface area is 124 Å². The van der Waals surface area contributed by atoms with Crippen LogP contribution in [0.25, 0.3) is 0 Å². The van der Waals surface area contributed by atoms with E-state index in [-0.39, 0.29) is 6.54 Å². The number of carbonyl (C=O) groups excluding carboxylic acids is 1. The molecule has 0 fully saturated rings. The van der Waals surface area contributed by atoms with Gasteiger partial charge >= 0.3 is 12.1 Å². The standard InChI is InChI=1S/C13H14F3N3OS/c1-8-6-9(2)19-11(10(8)7-17)21-5-3-4-18-12(20)13(14,15)16/h6H,3-5H2,1-2H3,(H,18,20). The molecule has 0 unspecified atom stereocenters. The fourth-order valence-corrected chi connectivity index (χ4v) is 2.63. The monoisotopic (exact) mass is 317 g/mol. The van der Waals surface area contributed by atoms with Gasteiger partial charge in [-0.15, -0.1) is 11.8 Å². The van der Waals surface area contributed by atoms with Gasteiger partial charge in [0.2, 0.25) is 0 Å². The zero-order valence-electron chi connectivity index (χ0n) is 11.5. The predicted molar refractivity (Wildman–Crippen MR) is 72.8 cm³/mol. The quantitative estimate of drug-likeness (QED) is 0.670. The molecule has 1 heterocycles. The number of nitriles is 1. The van der Waals surface area contributed by atoms with Crippen molar-refractivity contribution < 1.29 is 18.0 Å². The van der Waals surface area contributed by atoms with Gasteiger partial charge in [0.1, 0.15) is 11.1 Å². The minimum absolute atomic E-state index is 0.0714. The summed E-state index contributed by atoms with van der Waals surface area (Å²) in [7, 11) is 0. The molecule has 1 amide bonds. The lowest BCUT2D eigenvalue weighted by molar-refractivity contribution is -0.173. The molecule has 0 radical (unpaired) electrons. The fraction of sp³-hybridized carbons (Fsp3) is 0.462. The summed E-state index contributed by atoms with van der Waals surface area (Å²) in [6.45, 7) is 3.54. The molecule has 0 bridgehead atoms. The van der Waals surface area contributed by atoms with Crippen molar-refractivity contribution in [3.8, 4) is 6.07 Å². The van der Waals surface area contributed by atoms with Crippen molar-refractivity contribution >= 4 is 17.7 Å². The Kier molecular flexibility index (Phi) is 6.03. The molecule has 0 spiro atoms. The van der Waals surface area contributed by atoms with Gasteiger partial charge in [0.05, 0.1) is 5.56 Å². The summed E-state index contributed by atoms with van der Waals surface area (Å²) < 4.78 is 35.8. The van der Waals surface area contributed by atoms with E-state index in [0.717, 1.165) is 11.3 Å². The second-order valence-electron chi connectivity index (χ2n) is 4.33. The molecule has 0 atom stereocenters. The van der Waals surface area contributed by atoms with E-state index in [9.17, 15) is 18.0 Å². The normalized spacial score (nSPS) is 11.0. The molecule has 1 rings (SSSR count). The largest absolute Gasteiger partial charge is 0.471 e. The van der Waals surface area contributed by atoms with Crippen LogP contribution >= 0.6 is 11.8 Å². The fourth-order valence-electron chi connectivity index (χ4n) is 1.59. The van der Waals surface area contributed by atoms with Gasteiger partial charge in [-0.05, 0) is 31.9 Å².